The molecular formula is C21H28N2O. The van der Waals surface area contributed by atoms with Crippen molar-refractivity contribution in [3.05, 3.63) is 66.0 Å². The number of rotatable bonds is 6. The molecule has 24 heavy (non-hydrogen) atoms. The molecule has 0 amide bonds. The zero-order valence-corrected chi connectivity index (χ0v) is 14.5. The summed E-state index contributed by atoms with van der Waals surface area (Å²) in [6, 6.07) is 15.4. The molecule has 128 valence electrons. The lowest BCUT2D eigenvalue weighted by atomic mass is 9.69. The molecule has 1 fully saturated rings. The predicted octanol–water partition coefficient (Wildman–Crippen LogP) is 3.65. The van der Waals surface area contributed by atoms with Crippen molar-refractivity contribution in [2.24, 2.45) is 0 Å². The molecule has 3 heteroatoms. The van der Waals surface area contributed by atoms with Gasteiger partial charge in [-0.1, -0.05) is 43.3 Å². The molecule has 1 aliphatic carbocycles. The molecule has 0 bridgehead atoms. The maximum atomic E-state index is 9.67. The highest BCUT2D eigenvalue weighted by Crippen LogP contribution is 2.39. The predicted molar refractivity (Wildman–Crippen MR) is 98.1 cm³/mol. The summed E-state index contributed by atoms with van der Waals surface area (Å²) in [4.78, 5) is 4.16. The van der Waals surface area contributed by atoms with Crippen molar-refractivity contribution < 1.29 is 5.11 Å². The lowest BCUT2D eigenvalue weighted by Gasteiger charge is -2.38. The van der Waals surface area contributed by atoms with Crippen LogP contribution in [0.3, 0.4) is 0 Å². The molecule has 1 aromatic carbocycles. The number of nitrogens with one attached hydrogen (secondary N) is 1. The summed E-state index contributed by atoms with van der Waals surface area (Å²) in [6.45, 7) is 3.37. The second-order valence-electron chi connectivity index (χ2n) is 7.28. The van der Waals surface area contributed by atoms with Crippen molar-refractivity contribution in [2.45, 2.75) is 50.0 Å². The number of pyridine rings is 1. The van der Waals surface area contributed by atoms with E-state index in [1.165, 1.54) is 31.2 Å². The highest BCUT2D eigenvalue weighted by molar-refractivity contribution is 5.25. The molecule has 0 spiro atoms. The minimum Gasteiger partial charge on any atom is -0.396 e. The van der Waals surface area contributed by atoms with E-state index in [2.05, 4.69) is 47.6 Å². The summed E-state index contributed by atoms with van der Waals surface area (Å²) < 4.78 is 0. The molecule has 0 saturated heterocycles. The van der Waals surface area contributed by atoms with Gasteiger partial charge in [0.05, 0.1) is 6.61 Å². The van der Waals surface area contributed by atoms with Crippen LogP contribution < -0.4 is 5.32 Å². The average Bonchev–Trinajstić information content (AvgIpc) is 2.65. The lowest BCUT2D eigenvalue weighted by Crippen LogP contribution is -2.40. The van der Waals surface area contributed by atoms with E-state index in [4.69, 9.17) is 0 Å². The molecule has 1 unspecified atom stereocenters. The SMILES string of the molecule is CC1(c2ccccc2)CCC(NCC(CO)c2cccnc2)CC1. The first kappa shape index (κ1) is 17.1. The van der Waals surface area contributed by atoms with E-state index in [9.17, 15) is 5.11 Å². The number of aliphatic hydroxyl groups is 1. The molecule has 1 heterocycles. The molecule has 0 aliphatic heterocycles. The Kier molecular flexibility index (Phi) is 5.64. The number of aliphatic hydroxyl groups excluding tert-OH is 1. The van der Waals surface area contributed by atoms with E-state index >= 15 is 0 Å². The van der Waals surface area contributed by atoms with E-state index in [1.54, 1.807) is 6.20 Å². The van der Waals surface area contributed by atoms with Gasteiger partial charge < -0.3 is 10.4 Å². The largest absolute Gasteiger partial charge is 0.396 e. The van der Waals surface area contributed by atoms with E-state index < -0.39 is 0 Å². The standard InChI is InChI=1S/C21H28N2O/c1-21(19-7-3-2-4-8-19)11-9-20(10-12-21)23-15-18(16-24)17-6-5-13-22-14-17/h2-8,13-14,18,20,23-24H,9-12,15-16H2,1H3. The molecular weight excluding hydrogens is 296 g/mol. The molecule has 0 radical (unpaired) electrons. The van der Waals surface area contributed by atoms with E-state index in [1.807, 2.05) is 18.3 Å². The Morgan fingerprint density at radius 3 is 2.54 bits per heavy atom. The van der Waals surface area contributed by atoms with Crippen LogP contribution in [0.1, 0.15) is 49.7 Å². The third kappa shape index (κ3) is 4.03. The van der Waals surface area contributed by atoms with Gasteiger partial charge in [0.2, 0.25) is 0 Å². The van der Waals surface area contributed by atoms with Crippen molar-refractivity contribution in [3.8, 4) is 0 Å². The van der Waals surface area contributed by atoms with Crippen LogP contribution in [0.25, 0.3) is 0 Å². The third-order valence-electron chi connectivity index (χ3n) is 5.59. The van der Waals surface area contributed by atoms with Crippen LogP contribution in [0, 0.1) is 0 Å². The van der Waals surface area contributed by atoms with Gasteiger partial charge in [-0.25, -0.2) is 0 Å². The van der Waals surface area contributed by atoms with E-state index in [0.717, 1.165) is 12.1 Å². The minimum absolute atomic E-state index is 0.126. The molecule has 2 N–H and O–H groups in total. The number of nitrogens with zero attached hydrogens (tertiary/aromatic N) is 1. The Morgan fingerprint density at radius 1 is 1.17 bits per heavy atom. The van der Waals surface area contributed by atoms with Crippen molar-refractivity contribution in [3.63, 3.8) is 0 Å². The van der Waals surface area contributed by atoms with Crippen LogP contribution in [0.2, 0.25) is 0 Å². The Hall–Kier alpha value is -1.71. The van der Waals surface area contributed by atoms with Gasteiger partial charge in [-0.2, -0.15) is 0 Å². The zero-order chi connectivity index (χ0) is 16.8. The number of hydrogen-bond donors (Lipinski definition) is 2. The second-order valence-corrected chi connectivity index (χ2v) is 7.28. The molecule has 2 aromatic rings. The molecule has 1 atom stereocenters. The summed E-state index contributed by atoms with van der Waals surface area (Å²) >= 11 is 0. The molecule has 3 nitrogen and oxygen atoms in total. The van der Waals surface area contributed by atoms with Gasteiger partial charge >= 0.3 is 0 Å². The van der Waals surface area contributed by atoms with Gasteiger partial charge in [-0.3, -0.25) is 4.98 Å². The Bertz CT molecular complexity index is 606. The fourth-order valence-electron chi connectivity index (χ4n) is 3.80. The van der Waals surface area contributed by atoms with Gasteiger partial charge in [0, 0.05) is 30.9 Å². The summed E-state index contributed by atoms with van der Waals surface area (Å²) in [5, 5.41) is 13.3. The van der Waals surface area contributed by atoms with Gasteiger partial charge in [0.1, 0.15) is 0 Å². The number of hydrogen-bond acceptors (Lipinski definition) is 3. The van der Waals surface area contributed by atoms with Crippen LogP contribution in [0.15, 0.2) is 54.9 Å². The molecule has 1 aromatic heterocycles. The van der Waals surface area contributed by atoms with Crippen LogP contribution in [-0.4, -0.2) is 29.3 Å². The zero-order valence-electron chi connectivity index (χ0n) is 14.5. The lowest BCUT2D eigenvalue weighted by molar-refractivity contribution is 0.235. The van der Waals surface area contributed by atoms with Gasteiger partial charge in [0.25, 0.3) is 0 Å². The van der Waals surface area contributed by atoms with Crippen molar-refractivity contribution in [1.82, 2.24) is 10.3 Å². The Morgan fingerprint density at radius 2 is 1.92 bits per heavy atom. The second kappa shape index (κ2) is 7.91. The first-order valence-electron chi connectivity index (χ1n) is 9.01. The van der Waals surface area contributed by atoms with Gasteiger partial charge in [-0.05, 0) is 48.3 Å². The summed E-state index contributed by atoms with van der Waals surface area (Å²) in [5.41, 5.74) is 2.88. The normalized spacial score (nSPS) is 25.3. The molecule has 1 saturated carbocycles. The Labute approximate surface area is 145 Å². The molecule has 3 rings (SSSR count). The smallest absolute Gasteiger partial charge is 0.0512 e. The summed E-state index contributed by atoms with van der Waals surface area (Å²) in [6.07, 6.45) is 8.44. The number of benzene rings is 1. The molecule has 1 aliphatic rings. The van der Waals surface area contributed by atoms with E-state index in [-0.39, 0.29) is 12.5 Å². The monoisotopic (exact) mass is 324 g/mol. The maximum Gasteiger partial charge on any atom is 0.0512 e. The van der Waals surface area contributed by atoms with Gasteiger partial charge in [0.15, 0.2) is 0 Å². The van der Waals surface area contributed by atoms with Crippen molar-refractivity contribution in [2.75, 3.05) is 13.2 Å². The maximum absolute atomic E-state index is 9.67. The highest BCUT2D eigenvalue weighted by Gasteiger charge is 2.32. The average molecular weight is 324 g/mol. The van der Waals surface area contributed by atoms with Crippen LogP contribution in [-0.2, 0) is 5.41 Å². The van der Waals surface area contributed by atoms with Crippen molar-refractivity contribution >= 4 is 0 Å². The quantitative estimate of drug-likeness (QED) is 0.852. The van der Waals surface area contributed by atoms with Gasteiger partial charge in [-0.15, -0.1) is 0 Å². The van der Waals surface area contributed by atoms with Crippen LogP contribution in [0.4, 0.5) is 0 Å². The minimum atomic E-state index is 0.126. The Balaban J connectivity index is 1.52. The first-order valence-corrected chi connectivity index (χ1v) is 9.01. The fourth-order valence-corrected chi connectivity index (χ4v) is 3.80. The van der Waals surface area contributed by atoms with Crippen LogP contribution in [0.5, 0.6) is 0 Å². The third-order valence-corrected chi connectivity index (χ3v) is 5.59. The fraction of sp³-hybridized carbons (Fsp3) is 0.476. The van der Waals surface area contributed by atoms with E-state index in [0.29, 0.717) is 11.5 Å². The van der Waals surface area contributed by atoms with Crippen LogP contribution >= 0.6 is 0 Å². The first-order chi connectivity index (χ1) is 11.7. The highest BCUT2D eigenvalue weighted by atomic mass is 16.3. The van der Waals surface area contributed by atoms with Crippen molar-refractivity contribution in [1.29, 1.82) is 0 Å². The topological polar surface area (TPSA) is 45.1 Å². The summed E-state index contributed by atoms with van der Waals surface area (Å²) in [7, 11) is 0. The summed E-state index contributed by atoms with van der Waals surface area (Å²) in [5.74, 6) is 0.126. The number of aromatic nitrogens is 1.